The molecule has 2 aromatic carbocycles. The molecular formula is C24H23N7O3. The fraction of sp³-hybridized carbons (Fsp3) is 0.250. The summed E-state index contributed by atoms with van der Waals surface area (Å²) in [6.45, 7) is 2.00. The van der Waals surface area contributed by atoms with Gasteiger partial charge in [0.05, 0.1) is 31.1 Å². The average Bonchev–Trinajstić information content (AvgIpc) is 3.49. The van der Waals surface area contributed by atoms with Crippen LogP contribution in [-0.4, -0.2) is 49.9 Å². The van der Waals surface area contributed by atoms with E-state index >= 15 is 0 Å². The molecule has 10 nitrogen and oxygen atoms in total. The largest absolute Gasteiger partial charge is 0.497 e. The fourth-order valence-electron chi connectivity index (χ4n) is 4.62. The zero-order chi connectivity index (χ0) is 23.2. The molecule has 4 aromatic rings. The molecule has 0 spiro atoms. The van der Waals surface area contributed by atoms with Crippen LogP contribution in [0.15, 0.2) is 42.6 Å². The van der Waals surface area contributed by atoms with E-state index in [9.17, 15) is 9.90 Å². The molecule has 4 heterocycles. The maximum Gasteiger partial charge on any atom is 0.407 e. The van der Waals surface area contributed by atoms with Crippen molar-refractivity contribution in [2.24, 2.45) is 0 Å². The van der Waals surface area contributed by atoms with Gasteiger partial charge in [0.1, 0.15) is 11.6 Å². The minimum Gasteiger partial charge on any atom is -0.497 e. The summed E-state index contributed by atoms with van der Waals surface area (Å²) in [7, 11) is 1.66. The smallest absolute Gasteiger partial charge is 0.407 e. The van der Waals surface area contributed by atoms with Crippen molar-refractivity contribution in [2.45, 2.75) is 26.1 Å². The number of aromatic amines is 1. The summed E-state index contributed by atoms with van der Waals surface area (Å²) in [6.07, 6.45) is 1.39. The fourth-order valence-corrected chi connectivity index (χ4v) is 4.62. The standard InChI is InChI=1S/C24H23N7O3/c1-34-18-4-2-14-11-31(12-16(14)9-18)23-27-21-13-30(24(32)33)7-6-19(21)22(28-23)26-17-3-5-20-15(8-17)10-25-29-20/h2-5,8-10H,6-7,11-13H2,1H3,(H,25,29)(H,32,33)(H,26,27,28). The van der Waals surface area contributed by atoms with Crippen LogP contribution >= 0.6 is 0 Å². The topological polar surface area (TPSA) is 119 Å². The van der Waals surface area contributed by atoms with Crippen molar-refractivity contribution in [3.05, 3.63) is 65.0 Å². The Morgan fingerprint density at radius 1 is 1.12 bits per heavy atom. The third kappa shape index (κ3) is 3.53. The third-order valence-electron chi connectivity index (χ3n) is 6.45. The molecule has 0 radical (unpaired) electrons. The number of hydrogen-bond donors (Lipinski definition) is 3. The summed E-state index contributed by atoms with van der Waals surface area (Å²) in [5, 5.41) is 21.0. The Labute approximate surface area is 195 Å². The number of nitrogens with zero attached hydrogens (tertiary/aromatic N) is 5. The monoisotopic (exact) mass is 457 g/mol. The molecule has 0 saturated carbocycles. The quantitative estimate of drug-likeness (QED) is 0.425. The maximum atomic E-state index is 11.6. The van der Waals surface area contributed by atoms with Crippen LogP contribution in [-0.2, 0) is 26.1 Å². The number of methoxy groups -OCH3 is 1. The Bertz CT molecular complexity index is 1420. The van der Waals surface area contributed by atoms with E-state index in [2.05, 4.69) is 26.5 Å². The summed E-state index contributed by atoms with van der Waals surface area (Å²) in [4.78, 5) is 24.9. The number of aromatic nitrogens is 4. The number of nitrogens with one attached hydrogen (secondary N) is 2. The van der Waals surface area contributed by atoms with E-state index in [4.69, 9.17) is 14.7 Å². The molecule has 172 valence electrons. The highest BCUT2D eigenvalue weighted by Gasteiger charge is 2.28. The zero-order valence-corrected chi connectivity index (χ0v) is 18.6. The molecule has 0 unspecified atom stereocenters. The van der Waals surface area contributed by atoms with Crippen molar-refractivity contribution in [3.63, 3.8) is 0 Å². The number of anilines is 3. The summed E-state index contributed by atoms with van der Waals surface area (Å²) in [5.41, 5.74) is 5.90. The molecule has 1 amide bonds. The van der Waals surface area contributed by atoms with Crippen molar-refractivity contribution in [1.29, 1.82) is 0 Å². The number of ether oxygens (including phenoxy) is 1. The molecule has 2 aliphatic heterocycles. The molecule has 3 N–H and O–H groups in total. The Kier molecular flexibility index (Phi) is 4.72. The zero-order valence-electron chi connectivity index (χ0n) is 18.6. The van der Waals surface area contributed by atoms with Gasteiger partial charge in [0.2, 0.25) is 5.95 Å². The molecule has 0 aliphatic carbocycles. The number of carbonyl (C=O) groups is 1. The maximum absolute atomic E-state index is 11.6. The summed E-state index contributed by atoms with van der Waals surface area (Å²) >= 11 is 0. The second-order valence-electron chi connectivity index (χ2n) is 8.54. The minimum absolute atomic E-state index is 0.240. The van der Waals surface area contributed by atoms with Gasteiger partial charge in [-0.1, -0.05) is 6.07 Å². The highest BCUT2D eigenvalue weighted by Crippen LogP contribution is 2.33. The molecule has 10 heteroatoms. The number of carboxylic acid groups (broad SMARTS) is 1. The van der Waals surface area contributed by atoms with Crippen LogP contribution in [0, 0.1) is 0 Å². The summed E-state index contributed by atoms with van der Waals surface area (Å²) < 4.78 is 5.37. The predicted octanol–water partition coefficient (Wildman–Crippen LogP) is 3.66. The highest BCUT2D eigenvalue weighted by molar-refractivity contribution is 5.83. The predicted molar refractivity (Wildman–Crippen MR) is 126 cm³/mol. The third-order valence-corrected chi connectivity index (χ3v) is 6.45. The molecule has 2 aromatic heterocycles. The molecule has 34 heavy (non-hydrogen) atoms. The number of fused-ring (bicyclic) bond motifs is 3. The Balaban J connectivity index is 1.37. The van der Waals surface area contributed by atoms with Gasteiger partial charge in [-0.15, -0.1) is 0 Å². The van der Waals surface area contributed by atoms with Gasteiger partial charge in [-0.2, -0.15) is 10.1 Å². The second-order valence-corrected chi connectivity index (χ2v) is 8.54. The van der Waals surface area contributed by atoms with E-state index in [1.807, 2.05) is 30.3 Å². The van der Waals surface area contributed by atoms with Gasteiger partial charge in [-0.05, 0) is 47.9 Å². The normalized spacial score (nSPS) is 14.7. The van der Waals surface area contributed by atoms with E-state index in [-0.39, 0.29) is 6.54 Å². The average molecular weight is 457 g/mol. The Morgan fingerprint density at radius 2 is 2.00 bits per heavy atom. The van der Waals surface area contributed by atoms with Crippen LogP contribution < -0.4 is 15.0 Å². The van der Waals surface area contributed by atoms with Gasteiger partial charge in [0.15, 0.2) is 0 Å². The summed E-state index contributed by atoms with van der Waals surface area (Å²) in [5.74, 6) is 2.11. The van der Waals surface area contributed by atoms with Crippen LogP contribution in [0.3, 0.4) is 0 Å². The number of amides is 1. The number of H-pyrrole nitrogens is 1. The Hall–Kier alpha value is -4.34. The first-order valence-corrected chi connectivity index (χ1v) is 11.1. The lowest BCUT2D eigenvalue weighted by Gasteiger charge is -2.28. The number of benzene rings is 2. The SMILES string of the molecule is COc1ccc2c(c1)CN(c1nc3c(c(Nc4ccc5[nH]ncc5c4)n1)CCN(C(=O)O)C3)C2. The lowest BCUT2D eigenvalue weighted by atomic mass is 10.1. The van der Waals surface area contributed by atoms with Crippen molar-refractivity contribution in [1.82, 2.24) is 25.1 Å². The van der Waals surface area contributed by atoms with Crippen LogP contribution in [0.2, 0.25) is 0 Å². The van der Waals surface area contributed by atoms with Crippen molar-refractivity contribution in [3.8, 4) is 5.75 Å². The first kappa shape index (κ1) is 20.3. The van der Waals surface area contributed by atoms with Gasteiger partial charge in [-0.3, -0.25) is 5.10 Å². The van der Waals surface area contributed by atoms with Crippen molar-refractivity contribution >= 4 is 34.4 Å². The first-order valence-electron chi connectivity index (χ1n) is 11.1. The molecule has 0 fully saturated rings. The van der Waals surface area contributed by atoms with E-state index in [0.717, 1.165) is 33.6 Å². The van der Waals surface area contributed by atoms with Gasteiger partial charge >= 0.3 is 6.09 Å². The first-order chi connectivity index (χ1) is 16.6. The van der Waals surface area contributed by atoms with E-state index in [1.165, 1.54) is 16.0 Å². The highest BCUT2D eigenvalue weighted by atomic mass is 16.5. The molecule has 0 bridgehead atoms. The number of rotatable bonds is 4. The van der Waals surface area contributed by atoms with Gasteiger partial charge in [0, 0.05) is 36.3 Å². The van der Waals surface area contributed by atoms with Crippen LogP contribution in [0.4, 0.5) is 22.2 Å². The van der Waals surface area contributed by atoms with Gasteiger partial charge < -0.3 is 25.0 Å². The Morgan fingerprint density at radius 3 is 2.85 bits per heavy atom. The van der Waals surface area contributed by atoms with E-state index in [1.54, 1.807) is 13.3 Å². The van der Waals surface area contributed by atoms with Gasteiger partial charge in [0.25, 0.3) is 0 Å². The van der Waals surface area contributed by atoms with E-state index < -0.39 is 6.09 Å². The molecule has 6 rings (SSSR count). The second kappa shape index (κ2) is 7.91. The van der Waals surface area contributed by atoms with Crippen LogP contribution in [0.5, 0.6) is 5.75 Å². The minimum atomic E-state index is -0.939. The molecule has 0 saturated heterocycles. The lowest BCUT2D eigenvalue weighted by molar-refractivity contribution is 0.139. The van der Waals surface area contributed by atoms with Gasteiger partial charge in [-0.25, -0.2) is 9.78 Å². The van der Waals surface area contributed by atoms with E-state index in [0.29, 0.717) is 37.8 Å². The van der Waals surface area contributed by atoms with Crippen molar-refractivity contribution in [2.75, 3.05) is 23.9 Å². The molecular weight excluding hydrogens is 434 g/mol. The van der Waals surface area contributed by atoms with Crippen molar-refractivity contribution < 1.29 is 14.6 Å². The molecule has 2 aliphatic rings. The van der Waals surface area contributed by atoms with Crippen LogP contribution in [0.25, 0.3) is 10.9 Å². The summed E-state index contributed by atoms with van der Waals surface area (Å²) in [6, 6.07) is 12.0. The molecule has 0 atom stereocenters. The lowest BCUT2D eigenvalue weighted by Crippen LogP contribution is -2.36. The number of hydrogen-bond acceptors (Lipinski definition) is 7. The van der Waals surface area contributed by atoms with Crippen LogP contribution in [0.1, 0.15) is 22.4 Å².